The molecule has 1 amide bonds. The molecule has 0 bridgehead atoms. The van der Waals surface area contributed by atoms with Crippen molar-refractivity contribution in [3.8, 4) is 5.69 Å². The van der Waals surface area contributed by atoms with Crippen LogP contribution in [-0.2, 0) is 12.8 Å². The zero-order valence-electron chi connectivity index (χ0n) is 15.8. The highest BCUT2D eigenvalue weighted by Gasteiger charge is 2.29. The fourth-order valence-corrected chi connectivity index (χ4v) is 5.41. The van der Waals surface area contributed by atoms with Crippen LogP contribution >= 0.6 is 11.3 Å². The van der Waals surface area contributed by atoms with Gasteiger partial charge in [0.15, 0.2) is 0 Å². The van der Waals surface area contributed by atoms with E-state index in [1.807, 2.05) is 46.6 Å². The lowest BCUT2D eigenvalue weighted by Gasteiger charge is -2.30. The summed E-state index contributed by atoms with van der Waals surface area (Å²) in [4.78, 5) is 25.4. The van der Waals surface area contributed by atoms with Gasteiger partial charge in [-0.3, -0.25) is 4.79 Å². The molecule has 3 heterocycles. The highest BCUT2D eigenvalue weighted by atomic mass is 32.1. The normalized spacial score (nSPS) is 17.5. The number of rotatable bonds is 3. The lowest BCUT2D eigenvalue weighted by Crippen LogP contribution is -2.38. The van der Waals surface area contributed by atoms with Gasteiger partial charge < -0.3 is 4.90 Å². The van der Waals surface area contributed by atoms with E-state index in [0.717, 1.165) is 38.0 Å². The van der Waals surface area contributed by atoms with Gasteiger partial charge in [-0.15, -0.1) is 16.4 Å². The van der Waals surface area contributed by atoms with Crippen molar-refractivity contribution in [3.63, 3.8) is 0 Å². The number of likely N-dealkylation sites (tertiary alicyclic amines) is 1. The van der Waals surface area contributed by atoms with Gasteiger partial charge in [0.1, 0.15) is 6.33 Å². The number of hydrogen-bond acceptors (Lipinski definition) is 5. The molecular weight excluding hydrogens is 370 g/mol. The molecule has 1 aliphatic carbocycles. The second-order valence-electron chi connectivity index (χ2n) is 7.54. The molecule has 1 aliphatic heterocycles. The molecule has 7 heteroatoms. The molecule has 2 aromatic heterocycles. The summed E-state index contributed by atoms with van der Waals surface area (Å²) in [5, 5.41) is 5.66. The zero-order chi connectivity index (χ0) is 18.9. The number of nitrogens with zero attached hydrogens (tertiary/aromatic N) is 5. The first-order valence-corrected chi connectivity index (χ1v) is 10.8. The second-order valence-corrected chi connectivity index (χ2v) is 8.66. The number of fused-ring (bicyclic) bond motifs is 1. The number of hydrogen-bond donors (Lipinski definition) is 0. The lowest BCUT2D eigenvalue weighted by atomic mass is 9.97. The Morgan fingerprint density at radius 1 is 1.07 bits per heavy atom. The lowest BCUT2D eigenvalue weighted by molar-refractivity contribution is 0.0700. The van der Waals surface area contributed by atoms with Gasteiger partial charge >= 0.3 is 0 Å². The van der Waals surface area contributed by atoms with Gasteiger partial charge in [-0.25, -0.2) is 14.6 Å². The fourth-order valence-electron chi connectivity index (χ4n) is 4.08. The van der Waals surface area contributed by atoms with E-state index >= 15 is 0 Å². The maximum Gasteiger partial charge on any atom is 0.293 e. The first kappa shape index (κ1) is 17.6. The SMILES string of the molecule is O=C(c1ncn(-c2ccccc2)n1)N1CCC(c2nc3c(s2)CCCC3)CC1. The molecular formula is C21H23N5OS. The van der Waals surface area contributed by atoms with Crippen molar-refractivity contribution in [1.29, 1.82) is 0 Å². The smallest absolute Gasteiger partial charge is 0.293 e. The molecule has 0 saturated carbocycles. The van der Waals surface area contributed by atoms with Crippen LogP contribution in [0.3, 0.4) is 0 Å². The summed E-state index contributed by atoms with van der Waals surface area (Å²) in [5.41, 5.74) is 2.24. The number of para-hydroxylation sites is 1. The molecule has 3 aromatic rings. The number of carbonyl (C=O) groups is 1. The third kappa shape index (κ3) is 3.35. The van der Waals surface area contributed by atoms with E-state index in [4.69, 9.17) is 4.98 Å². The van der Waals surface area contributed by atoms with Gasteiger partial charge in [0.2, 0.25) is 5.82 Å². The predicted octanol–water partition coefficient (Wildman–Crippen LogP) is 3.62. The highest BCUT2D eigenvalue weighted by Crippen LogP contribution is 2.35. The van der Waals surface area contributed by atoms with Crippen molar-refractivity contribution in [2.45, 2.75) is 44.4 Å². The predicted molar refractivity (Wildman–Crippen MR) is 108 cm³/mol. The summed E-state index contributed by atoms with van der Waals surface area (Å²) in [6, 6.07) is 9.74. The number of carbonyl (C=O) groups excluding carboxylic acids is 1. The molecule has 0 spiro atoms. The van der Waals surface area contributed by atoms with E-state index in [0.29, 0.717) is 5.92 Å². The Balaban J connectivity index is 1.24. The Morgan fingerprint density at radius 2 is 1.86 bits per heavy atom. The van der Waals surface area contributed by atoms with Gasteiger partial charge in [0, 0.05) is 23.9 Å². The van der Waals surface area contributed by atoms with Crippen LogP contribution < -0.4 is 0 Å². The van der Waals surface area contributed by atoms with E-state index in [2.05, 4.69) is 10.1 Å². The summed E-state index contributed by atoms with van der Waals surface area (Å²) in [6.45, 7) is 1.49. The first-order chi connectivity index (χ1) is 13.8. The van der Waals surface area contributed by atoms with Crippen LogP contribution in [0.4, 0.5) is 0 Å². The van der Waals surface area contributed by atoms with Crippen LogP contribution in [0, 0.1) is 0 Å². The average molecular weight is 394 g/mol. The largest absolute Gasteiger partial charge is 0.336 e. The molecule has 1 saturated heterocycles. The van der Waals surface area contributed by atoms with Crippen LogP contribution in [0.2, 0.25) is 0 Å². The quantitative estimate of drug-likeness (QED) is 0.682. The minimum Gasteiger partial charge on any atom is -0.336 e. The van der Waals surface area contributed by atoms with Gasteiger partial charge in [-0.2, -0.15) is 0 Å². The average Bonchev–Trinajstić information content (AvgIpc) is 3.41. The molecule has 2 aliphatic rings. The third-order valence-electron chi connectivity index (χ3n) is 5.70. The Kier molecular flexibility index (Phi) is 4.68. The molecule has 144 valence electrons. The molecule has 0 atom stereocenters. The van der Waals surface area contributed by atoms with Crippen LogP contribution in [0.15, 0.2) is 36.7 Å². The monoisotopic (exact) mass is 393 g/mol. The summed E-state index contributed by atoms with van der Waals surface area (Å²) in [5.74, 6) is 0.674. The van der Waals surface area contributed by atoms with Gasteiger partial charge in [0.25, 0.3) is 5.91 Å². The van der Waals surface area contributed by atoms with E-state index in [1.54, 1.807) is 11.0 Å². The number of aryl methyl sites for hydroxylation is 2. The minimum absolute atomic E-state index is 0.0773. The molecule has 28 heavy (non-hydrogen) atoms. The van der Waals surface area contributed by atoms with Crippen molar-refractivity contribution in [2.24, 2.45) is 0 Å². The molecule has 1 fully saturated rings. The number of benzene rings is 1. The van der Waals surface area contributed by atoms with E-state index in [9.17, 15) is 4.79 Å². The van der Waals surface area contributed by atoms with E-state index < -0.39 is 0 Å². The standard InChI is InChI=1S/C21H23N5OS/c27-21(19-22-14-26(24-19)16-6-2-1-3-7-16)25-12-10-15(11-13-25)20-23-17-8-4-5-9-18(17)28-20/h1-3,6-7,14-15H,4-5,8-13H2. The van der Waals surface area contributed by atoms with Crippen LogP contribution in [0.25, 0.3) is 5.69 Å². The van der Waals surface area contributed by atoms with Gasteiger partial charge in [-0.1, -0.05) is 18.2 Å². The third-order valence-corrected chi connectivity index (χ3v) is 7.02. The van der Waals surface area contributed by atoms with E-state index in [1.165, 1.54) is 34.8 Å². The maximum atomic E-state index is 12.8. The van der Waals surface area contributed by atoms with Crippen molar-refractivity contribution in [2.75, 3.05) is 13.1 Å². The number of thiazole rings is 1. The highest BCUT2D eigenvalue weighted by molar-refractivity contribution is 7.11. The molecule has 6 nitrogen and oxygen atoms in total. The number of aromatic nitrogens is 4. The number of piperidine rings is 1. The fraction of sp³-hybridized carbons (Fsp3) is 0.429. The van der Waals surface area contributed by atoms with Crippen molar-refractivity contribution in [3.05, 3.63) is 58.1 Å². The first-order valence-electron chi connectivity index (χ1n) is 10.0. The zero-order valence-corrected chi connectivity index (χ0v) is 16.6. The van der Waals surface area contributed by atoms with Crippen molar-refractivity contribution in [1.82, 2.24) is 24.6 Å². The molecule has 5 rings (SSSR count). The Bertz CT molecular complexity index is 948. The summed E-state index contributed by atoms with van der Waals surface area (Å²) in [7, 11) is 0. The van der Waals surface area contributed by atoms with Crippen LogP contribution in [0.1, 0.15) is 57.8 Å². The molecule has 0 N–H and O–H groups in total. The Labute approximate surface area is 168 Å². The topological polar surface area (TPSA) is 63.9 Å². The van der Waals surface area contributed by atoms with Crippen LogP contribution in [0.5, 0.6) is 0 Å². The molecule has 1 aromatic carbocycles. The Morgan fingerprint density at radius 3 is 2.64 bits per heavy atom. The molecule has 0 radical (unpaired) electrons. The summed E-state index contributed by atoms with van der Waals surface area (Å²) in [6.07, 6.45) is 8.44. The molecule has 0 unspecified atom stereocenters. The number of amides is 1. The van der Waals surface area contributed by atoms with Crippen molar-refractivity contribution >= 4 is 17.2 Å². The summed E-state index contributed by atoms with van der Waals surface area (Å²) < 4.78 is 1.65. The Hall–Kier alpha value is -2.54. The summed E-state index contributed by atoms with van der Waals surface area (Å²) >= 11 is 1.91. The maximum absolute atomic E-state index is 12.8. The van der Waals surface area contributed by atoms with Crippen LogP contribution in [-0.4, -0.2) is 43.6 Å². The van der Waals surface area contributed by atoms with Gasteiger partial charge in [0.05, 0.1) is 16.4 Å². The van der Waals surface area contributed by atoms with Crippen molar-refractivity contribution < 1.29 is 4.79 Å². The minimum atomic E-state index is -0.0773. The van der Waals surface area contributed by atoms with Gasteiger partial charge in [-0.05, 0) is 50.7 Å². The second kappa shape index (κ2) is 7.47. The van der Waals surface area contributed by atoms with E-state index in [-0.39, 0.29) is 11.7 Å².